The van der Waals surface area contributed by atoms with E-state index in [1.54, 1.807) is 0 Å². The van der Waals surface area contributed by atoms with Crippen molar-refractivity contribution in [2.75, 3.05) is 0 Å². The molecule has 0 aliphatic carbocycles. The van der Waals surface area contributed by atoms with Crippen LogP contribution in [-0.2, 0) is 14.0 Å². The summed E-state index contributed by atoms with van der Waals surface area (Å²) in [5.41, 5.74) is 0. The van der Waals surface area contributed by atoms with Crippen molar-refractivity contribution < 1.29 is 19.1 Å². The molecule has 0 bridgehead atoms. The Kier molecular flexibility index (Phi) is 9.16. The van der Waals surface area contributed by atoms with Gasteiger partial charge in [0, 0.05) is 12.8 Å². The molecule has 4 nitrogen and oxygen atoms in total. The van der Waals surface area contributed by atoms with Gasteiger partial charge in [0.25, 0.3) is 5.97 Å². The van der Waals surface area contributed by atoms with Crippen LogP contribution in [-0.4, -0.2) is 27.5 Å². The van der Waals surface area contributed by atoms with Crippen LogP contribution in [0.1, 0.15) is 51.4 Å². The predicted octanol–water partition coefficient (Wildman–Crippen LogP) is 1.02. The third-order valence-electron chi connectivity index (χ3n) is 2.25. The van der Waals surface area contributed by atoms with Crippen molar-refractivity contribution in [1.29, 1.82) is 0 Å². The molecule has 0 rings (SSSR count). The first-order valence-electron chi connectivity index (χ1n) is 5.45. The molecule has 5 heteroatoms. The topological polar surface area (TPSA) is 63.6 Å². The Morgan fingerprint density at radius 2 is 1.40 bits per heavy atom. The Hall–Kier alpha value is -0.843. The smallest absolute Gasteiger partial charge is 0.303 e. The number of rotatable bonds is 9. The van der Waals surface area contributed by atoms with Crippen molar-refractivity contribution in [3.8, 4) is 0 Å². The molecule has 0 heterocycles. The fourth-order valence-corrected chi connectivity index (χ4v) is 1.56. The molecule has 0 aromatic carbocycles. The third-order valence-corrected chi connectivity index (χ3v) is 2.70. The largest absolute Gasteiger partial charge is 0.529 e. The highest BCUT2D eigenvalue weighted by molar-refractivity contribution is 6.05. The lowest BCUT2D eigenvalue weighted by atomic mass is 10.1. The Labute approximate surface area is 93.5 Å². The van der Waals surface area contributed by atoms with Crippen molar-refractivity contribution in [3.63, 3.8) is 0 Å². The lowest BCUT2D eigenvalue weighted by Gasteiger charge is -2.00. The van der Waals surface area contributed by atoms with Gasteiger partial charge in [0.2, 0.25) is 10.5 Å². The van der Waals surface area contributed by atoms with E-state index in [0.717, 1.165) is 38.5 Å². The molecule has 15 heavy (non-hydrogen) atoms. The fourth-order valence-electron chi connectivity index (χ4n) is 1.35. The molecular formula is C10H20O4Si. The number of unbranched alkanes of at least 4 members (excludes halogenated alkanes) is 5. The first kappa shape index (κ1) is 14.2. The van der Waals surface area contributed by atoms with Crippen LogP contribution in [0.5, 0.6) is 0 Å². The van der Waals surface area contributed by atoms with Crippen LogP contribution in [0.4, 0.5) is 0 Å². The zero-order valence-corrected chi connectivity index (χ0v) is 11.3. The fraction of sp³-hybridized carbons (Fsp3) is 0.800. The van der Waals surface area contributed by atoms with Gasteiger partial charge in [0.05, 0.1) is 0 Å². The first-order valence-corrected chi connectivity index (χ1v) is 6.27. The summed E-state index contributed by atoms with van der Waals surface area (Å²) in [6, 6.07) is 0. The van der Waals surface area contributed by atoms with Gasteiger partial charge in [0.1, 0.15) is 0 Å². The summed E-state index contributed by atoms with van der Waals surface area (Å²) in [7, 11) is 0.486. The second-order valence-corrected chi connectivity index (χ2v) is 4.00. The van der Waals surface area contributed by atoms with Crippen molar-refractivity contribution in [1.82, 2.24) is 0 Å². The molecule has 0 aliphatic heterocycles. The Bertz CT molecular complexity index is 194. The molecule has 0 aromatic rings. The average Bonchev–Trinajstić information content (AvgIpc) is 2.21. The molecule has 0 saturated heterocycles. The summed E-state index contributed by atoms with van der Waals surface area (Å²) < 4.78 is 4.66. The minimum atomic E-state index is -0.718. The first-order chi connectivity index (χ1) is 7.16. The molecule has 0 aliphatic rings. The Morgan fingerprint density at radius 3 is 1.87 bits per heavy atom. The lowest BCUT2D eigenvalue weighted by Crippen LogP contribution is -2.00. The molecule has 0 atom stereocenters. The van der Waals surface area contributed by atoms with Gasteiger partial charge in [-0.1, -0.05) is 25.7 Å². The molecule has 0 amide bonds. The lowest BCUT2D eigenvalue weighted by molar-refractivity contribution is -0.137. The van der Waals surface area contributed by atoms with E-state index in [4.69, 9.17) is 5.11 Å². The van der Waals surface area contributed by atoms with Crippen LogP contribution in [0.15, 0.2) is 0 Å². The number of carbonyl (C=O) groups excluding carboxylic acids is 1. The van der Waals surface area contributed by atoms with E-state index < -0.39 is 5.97 Å². The van der Waals surface area contributed by atoms with Crippen molar-refractivity contribution in [2.24, 2.45) is 0 Å². The SMILES string of the molecule is O=C(O)CCCCCCCCC(=O)O[SiH3]. The highest BCUT2D eigenvalue weighted by Crippen LogP contribution is 2.08. The van der Waals surface area contributed by atoms with Crippen molar-refractivity contribution in [3.05, 3.63) is 0 Å². The maximum Gasteiger partial charge on any atom is 0.303 e. The summed E-state index contributed by atoms with van der Waals surface area (Å²) in [6.07, 6.45) is 6.59. The molecular weight excluding hydrogens is 212 g/mol. The number of carboxylic acids is 1. The average molecular weight is 232 g/mol. The van der Waals surface area contributed by atoms with E-state index in [1.807, 2.05) is 0 Å². The number of hydrogen-bond donors (Lipinski definition) is 1. The summed E-state index contributed by atoms with van der Waals surface area (Å²) in [5, 5.41) is 8.39. The van der Waals surface area contributed by atoms with E-state index in [9.17, 15) is 9.59 Å². The molecule has 0 radical (unpaired) electrons. The molecule has 0 fully saturated rings. The highest BCUT2D eigenvalue weighted by atomic mass is 28.2. The van der Waals surface area contributed by atoms with Crippen molar-refractivity contribution in [2.45, 2.75) is 51.4 Å². The van der Waals surface area contributed by atoms with Gasteiger partial charge in [0.15, 0.2) is 0 Å². The number of aliphatic carboxylic acids is 1. The quantitative estimate of drug-likeness (QED) is 0.476. The zero-order chi connectivity index (χ0) is 11.5. The summed E-state index contributed by atoms with van der Waals surface area (Å²) in [4.78, 5) is 21.0. The van der Waals surface area contributed by atoms with Gasteiger partial charge >= 0.3 is 5.97 Å². The van der Waals surface area contributed by atoms with Crippen LogP contribution in [0.25, 0.3) is 0 Å². The molecule has 0 unspecified atom stereocenters. The van der Waals surface area contributed by atoms with Crippen LogP contribution >= 0.6 is 0 Å². The van der Waals surface area contributed by atoms with Gasteiger partial charge < -0.3 is 9.53 Å². The van der Waals surface area contributed by atoms with Gasteiger partial charge in [-0.2, -0.15) is 0 Å². The van der Waals surface area contributed by atoms with Crippen molar-refractivity contribution >= 4 is 22.4 Å². The normalized spacial score (nSPS) is 10.1. The summed E-state index contributed by atoms with van der Waals surface area (Å²) in [5.74, 6) is -0.808. The monoisotopic (exact) mass is 232 g/mol. The Balaban J connectivity index is 3.05. The predicted molar refractivity (Wildman–Crippen MR) is 60.6 cm³/mol. The minimum absolute atomic E-state index is 0.0902. The second kappa shape index (κ2) is 9.70. The van der Waals surface area contributed by atoms with Gasteiger partial charge in [-0.25, -0.2) is 0 Å². The highest BCUT2D eigenvalue weighted by Gasteiger charge is 1.99. The maximum absolute atomic E-state index is 10.8. The van der Waals surface area contributed by atoms with Crippen LogP contribution in [0, 0.1) is 0 Å². The number of carbonyl (C=O) groups is 2. The van der Waals surface area contributed by atoms with Gasteiger partial charge in [-0.05, 0) is 12.8 Å². The van der Waals surface area contributed by atoms with Crippen LogP contribution < -0.4 is 0 Å². The van der Waals surface area contributed by atoms with E-state index in [1.165, 1.54) is 0 Å². The maximum atomic E-state index is 10.8. The molecule has 0 saturated carbocycles. The molecule has 0 aromatic heterocycles. The Morgan fingerprint density at radius 1 is 0.933 bits per heavy atom. The molecule has 1 N–H and O–H groups in total. The van der Waals surface area contributed by atoms with E-state index in [-0.39, 0.29) is 12.4 Å². The standard InChI is InChI=1S/C10H20O4Si/c11-9(12)7-5-3-1-2-4-6-8-10(13)14-15/h1-8H2,15H3,(H,11,12). The zero-order valence-electron chi connectivity index (χ0n) is 9.33. The van der Waals surface area contributed by atoms with Gasteiger partial charge in [-0.15, -0.1) is 0 Å². The summed E-state index contributed by atoms with van der Waals surface area (Å²) in [6.45, 7) is 0. The van der Waals surface area contributed by atoms with Crippen LogP contribution in [0.3, 0.4) is 0 Å². The number of hydrogen-bond acceptors (Lipinski definition) is 3. The minimum Gasteiger partial charge on any atom is -0.529 e. The molecule has 0 spiro atoms. The van der Waals surface area contributed by atoms with E-state index in [2.05, 4.69) is 4.43 Å². The number of carboxylic acid groups (broad SMARTS) is 1. The summed E-state index contributed by atoms with van der Waals surface area (Å²) >= 11 is 0. The second-order valence-electron chi connectivity index (χ2n) is 3.59. The third kappa shape index (κ3) is 11.1. The molecule has 88 valence electrons. The van der Waals surface area contributed by atoms with E-state index >= 15 is 0 Å². The van der Waals surface area contributed by atoms with Crippen LogP contribution in [0.2, 0.25) is 0 Å². The van der Waals surface area contributed by atoms with E-state index in [0.29, 0.717) is 16.9 Å². The van der Waals surface area contributed by atoms with Gasteiger partial charge in [-0.3, -0.25) is 9.59 Å².